The zero-order valence-corrected chi connectivity index (χ0v) is 13.6. The van der Waals surface area contributed by atoms with Crippen molar-refractivity contribution in [1.29, 1.82) is 0 Å². The maximum atomic E-state index is 12.5. The van der Waals surface area contributed by atoms with Crippen LogP contribution in [0.1, 0.15) is 10.5 Å². The zero-order valence-electron chi connectivity index (χ0n) is 12.8. The Hall–Kier alpha value is -3.32. The Morgan fingerprint density at radius 2 is 2.12 bits per heavy atom. The van der Waals surface area contributed by atoms with Gasteiger partial charge in [0.1, 0.15) is 11.5 Å². The van der Waals surface area contributed by atoms with Crippen LogP contribution in [0.4, 0.5) is 5.82 Å². The maximum Gasteiger partial charge on any atom is 0.277 e. The molecule has 0 aliphatic rings. The molecule has 3 aromatic heterocycles. The van der Waals surface area contributed by atoms with E-state index < -0.39 is 0 Å². The molecule has 0 fully saturated rings. The SMILES string of the molecule is O=C(Nc1ccn[nH]1)c1cc(-c2ccco2)n(-c2cccc(Cl)c2)n1. The second-order valence-electron chi connectivity index (χ2n) is 5.21. The molecule has 0 aliphatic carbocycles. The summed E-state index contributed by atoms with van der Waals surface area (Å²) < 4.78 is 7.09. The number of benzene rings is 1. The lowest BCUT2D eigenvalue weighted by molar-refractivity contribution is 0.102. The monoisotopic (exact) mass is 353 g/mol. The summed E-state index contributed by atoms with van der Waals surface area (Å²) in [6, 6.07) is 14.1. The summed E-state index contributed by atoms with van der Waals surface area (Å²) in [5.74, 6) is 0.716. The molecular formula is C17H12ClN5O2. The summed E-state index contributed by atoms with van der Waals surface area (Å²) in [6.45, 7) is 0. The fourth-order valence-electron chi connectivity index (χ4n) is 2.41. The van der Waals surface area contributed by atoms with Crippen molar-refractivity contribution in [3.8, 4) is 17.1 Å². The van der Waals surface area contributed by atoms with Gasteiger partial charge >= 0.3 is 0 Å². The molecule has 0 saturated carbocycles. The van der Waals surface area contributed by atoms with E-state index in [4.69, 9.17) is 16.0 Å². The number of aromatic amines is 1. The van der Waals surface area contributed by atoms with Gasteiger partial charge in [-0.25, -0.2) is 4.68 Å². The number of carbonyl (C=O) groups excluding carboxylic acids is 1. The summed E-state index contributed by atoms with van der Waals surface area (Å²) >= 11 is 6.08. The van der Waals surface area contributed by atoms with Crippen molar-refractivity contribution in [2.45, 2.75) is 0 Å². The Bertz CT molecular complexity index is 1010. The molecule has 7 nitrogen and oxygen atoms in total. The van der Waals surface area contributed by atoms with Gasteiger partial charge in [0.2, 0.25) is 0 Å². The number of hydrogen-bond acceptors (Lipinski definition) is 4. The van der Waals surface area contributed by atoms with Gasteiger partial charge in [0.05, 0.1) is 18.1 Å². The normalized spacial score (nSPS) is 10.8. The predicted octanol–water partition coefficient (Wildman–Crippen LogP) is 3.76. The van der Waals surface area contributed by atoms with E-state index >= 15 is 0 Å². The molecule has 1 amide bonds. The molecule has 0 bridgehead atoms. The molecule has 0 saturated heterocycles. The van der Waals surface area contributed by atoms with Crippen molar-refractivity contribution >= 4 is 23.3 Å². The molecular weight excluding hydrogens is 342 g/mol. The van der Waals surface area contributed by atoms with Crippen molar-refractivity contribution in [2.24, 2.45) is 0 Å². The first-order chi connectivity index (χ1) is 12.2. The molecule has 2 N–H and O–H groups in total. The largest absolute Gasteiger partial charge is 0.463 e. The number of halogens is 1. The van der Waals surface area contributed by atoms with Gasteiger partial charge in [-0.3, -0.25) is 9.89 Å². The van der Waals surface area contributed by atoms with Crippen LogP contribution in [0.2, 0.25) is 5.02 Å². The molecule has 25 heavy (non-hydrogen) atoms. The number of amides is 1. The van der Waals surface area contributed by atoms with Gasteiger partial charge in [0.25, 0.3) is 5.91 Å². The molecule has 8 heteroatoms. The number of nitrogens with one attached hydrogen (secondary N) is 2. The highest BCUT2D eigenvalue weighted by Gasteiger charge is 2.18. The highest BCUT2D eigenvalue weighted by molar-refractivity contribution is 6.30. The van der Waals surface area contributed by atoms with Crippen LogP contribution in [0.5, 0.6) is 0 Å². The Labute approximate surface area is 147 Å². The fraction of sp³-hybridized carbons (Fsp3) is 0. The van der Waals surface area contributed by atoms with Gasteiger partial charge in [0.15, 0.2) is 11.5 Å². The maximum absolute atomic E-state index is 12.5. The first-order valence-corrected chi connectivity index (χ1v) is 7.79. The number of rotatable bonds is 4. The van der Waals surface area contributed by atoms with Gasteiger partial charge in [0, 0.05) is 17.2 Å². The second kappa shape index (κ2) is 6.29. The molecule has 124 valence electrons. The minimum Gasteiger partial charge on any atom is -0.463 e. The Morgan fingerprint density at radius 1 is 1.20 bits per heavy atom. The third-order valence-corrected chi connectivity index (χ3v) is 3.75. The quantitative estimate of drug-likeness (QED) is 0.584. The average Bonchev–Trinajstić information content (AvgIpc) is 3.35. The summed E-state index contributed by atoms with van der Waals surface area (Å²) in [7, 11) is 0. The number of nitrogens with zero attached hydrogens (tertiary/aromatic N) is 3. The molecule has 0 atom stereocenters. The van der Waals surface area contributed by atoms with Gasteiger partial charge in [-0.05, 0) is 30.3 Å². The minimum absolute atomic E-state index is 0.237. The smallest absolute Gasteiger partial charge is 0.277 e. The van der Waals surface area contributed by atoms with Crippen molar-refractivity contribution in [1.82, 2.24) is 20.0 Å². The molecule has 0 aliphatic heterocycles. The van der Waals surface area contributed by atoms with Crippen molar-refractivity contribution in [2.75, 3.05) is 5.32 Å². The number of carbonyl (C=O) groups is 1. The molecule has 3 heterocycles. The van der Waals surface area contributed by atoms with E-state index in [0.29, 0.717) is 22.3 Å². The van der Waals surface area contributed by atoms with Gasteiger partial charge in [-0.2, -0.15) is 10.2 Å². The molecule has 0 radical (unpaired) electrons. The molecule has 4 aromatic rings. The van der Waals surface area contributed by atoms with E-state index in [9.17, 15) is 4.79 Å². The van der Waals surface area contributed by atoms with Crippen LogP contribution in [-0.4, -0.2) is 25.9 Å². The number of anilines is 1. The molecule has 4 rings (SSSR count). The topological polar surface area (TPSA) is 88.7 Å². The second-order valence-corrected chi connectivity index (χ2v) is 5.64. The lowest BCUT2D eigenvalue weighted by atomic mass is 10.2. The van der Waals surface area contributed by atoms with E-state index in [1.807, 2.05) is 12.1 Å². The average molecular weight is 354 g/mol. The Balaban J connectivity index is 1.77. The zero-order chi connectivity index (χ0) is 17.2. The van der Waals surface area contributed by atoms with Crippen LogP contribution in [0.25, 0.3) is 17.1 Å². The van der Waals surface area contributed by atoms with Crippen LogP contribution in [0, 0.1) is 0 Å². The molecule has 0 unspecified atom stereocenters. The standard InChI is InChI=1S/C17H12ClN5O2/c18-11-3-1-4-12(9-11)23-14(15-5-2-8-25-15)10-13(22-23)17(24)20-16-6-7-19-21-16/h1-10H,(H2,19,20,21,24). The van der Waals surface area contributed by atoms with Gasteiger partial charge in [-0.15, -0.1) is 0 Å². The van der Waals surface area contributed by atoms with Gasteiger partial charge in [-0.1, -0.05) is 17.7 Å². The van der Waals surface area contributed by atoms with Gasteiger partial charge < -0.3 is 9.73 Å². The predicted molar refractivity (Wildman–Crippen MR) is 92.8 cm³/mol. The van der Waals surface area contributed by atoms with E-state index in [2.05, 4.69) is 20.6 Å². The van der Waals surface area contributed by atoms with Crippen molar-refractivity contribution in [3.63, 3.8) is 0 Å². The molecule has 0 spiro atoms. The highest BCUT2D eigenvalue weighted by atomic mass is 35.5. The fourth-order valence-corrected chi connectivity index (χ4v) is 2.59. The summed E-state index contributed by atoms with van der Waals surface area (Å²) in [5, 5.41) is 14.1. The third kappa shape index (κ3) is 3.05. The van der Waals surface area contributed by atoms with E-state index in [1.54, 1.807) is 53.5 Å². The third-order valence-electron chi connectivity index (χ3n) is 3.52. The number of furan rings is 1. The van der Waals surface area contributed by atoms with Crippen molar-refractivity contribution < 1.29 is 9.21 Å². The lowest BCUT2D eigenvalue weighted by Gasteiger charge is -2.05. The van der Waals surface area contributed by atoms with E-state index in [1.165, 1.54) is 0 Å². The number of H-pyrrole nitrogens is 1. The Kier molecular flexibility index (Phi) is 3.83. The Morgan fingerprint density at radius 3 is 2.84 bits per heavy atom. The number of aromatic nitrogens is 4. The summed E-state index contributed by atoms with van der Waals surface area (Å²) in [4.78, 5) is 12.5. The first-order valence-electron chi connectivity index (χ1n) is 7.41. The van der Waals surface area contributed by atoms with Crippen LogP contribution in [-0.2, 0) is 0 Å². The van der Waals surface area contributed by atoms with Crippen LogP contribution >= 0.6 is 11.6 Å². The molecule has 1 aromatic carbocycles. The van der Waals surface area contributed by atoms with E-state index in [0.717, 1.165) is 5.69 Å². The van der Waals surface area contributed by atoms with Crippen LogP contribution in [0.3, 0.4) is 0 Å². The van der Waals surface area contributed by atoms with Crippen LogP contribution in [0.15, 0.2) is 65.4 Å². The first kappa shape index (κ1) is 15.2. The number of hydrogen-bond donors (Lipinski definition) is 2. The van der Waals surface area contributed by atoms with Crippen molar-refractivity contribution in [3.05, 3.63) is 71.7 Å². The summed E-state index contributed by atoms with van der Waals surface area (Å²) in [5.41, 5.74) is 1.60. The van der Waals surface area contributed by atoms with E-state index in [-0.39, 0.29) is 11.6 Å². The highest BCUT2D eigenvalue weighted by Crippen LogP contribution is 2.26. The lowest BCUT2D eigenvalue weighted by Crippen LogP contribution is -2.13. The van der Waals surface area contributed by atoms with Crippen LogP contribution < -0.4 is 5.32 Å². The minimum atomic E-state index is -0.363. The summed E-state index contributed by atoms with van der Waals surface area (Å²) in [6.07, 6.45) is 3.11.